The molecule has 0 rings (SSSR count). The van der Waals surface area contributed by atoms with Gasteiger partial charge in [0.2, 0.25) is 6.61 Å². The Kier molecular flexibility index (Phi) is 6.82. The molecule has 13 heavy (non-hydrogen) atoms. The summed E-state index contributed by atoms with van der Waals surface area (Å²) < 4.78 is 14.4. The van der Waals surface area contributed by atoms with Crippen LogP contribution >= 0.6 is 0 Å². The number of carbonyl (C=O) groups excluding carboxylic acids is 1. The number of hydrogen-bond acceptors (Lipinski definition) is 4. The van der Waals surface area contributed by atoms with Crippen LogP contribution in [0.4, 0.5) is 0 Å². The van der Waals surface area contributed by atoms with Crippen LogP contribution < -0.4 is 0 Å². The molecule has 0 heterocycles. The lowest BCUT2D eigenvalue weighted by Crippen LogP contribution is -2.13. The van der Waals surface area contributed by atoms with Gasteiger partial charge >= 0.3 is 5.97 Å². The molecular formula is C9H15O4+. The fourth-order valence-electron chi connectivity index (χ4n) is 0.681. The van der Waals surface area contributed by atoms with E-state index in [1.807, 2.05) is 6.92 Å². The molecule has 0 aromatic carbocycles. The average Bonchev–Trinajstić information content (AvgIpc) is 2.12. The van der Waals surface area contributed by atoms with Gasteiger partial charge in [-0.1, -0.05) is 0 Å². The van der Waals surface area contributed by atoms with Crippen LogP contribution in [0, 0.1) is 6.92 Å². The van der Waals surface area contributed by atoms with Crippen molar-refractivity contribution in [2.75, 3.05) is 26.9 Å². The second-order valence-corrected chi connectivity index (χ2v) is 2.15. The van der Waals surface area contributed by atoms with Crippen molar-refractivity contribution in [2.24, 2.45) is 0 Å². The van der Waals surface area contributed by atoms with Crippen LogP contribution in [-0.4, -0.2) is 32.9 Å². The lowest BCUT2D eigenvalue weighted by atomic mass is 10.3. The normalized spacial score (nSPS) is 11.1. The summed E-state index contributed by atoms with van der Waals surface area (Å²) in [4.78, 5) is 11.1. The molecule has 4 heteroatoms. The standard InChI is InChI=1S/C9H15O4/c1-4-12-7-8(6-11-3)9(10)13-5-2/h6H,2,4-5,7H2,1,3H3/q+1/b8-6+. The number of ether oxygens (including phenoxy) is 3. The smallest absolute Gasteiger partial charge is 0.342 e. The lowest BCUT2D eigenvalue weighted by molar-refractivity contribution is -0.138. The van der Waals surface area contributed by atoms with Gasteiger partial charge in [0.25, 0.3) is 0 Å². The molecule has 0 amide bonds. The molecule has 0 spiro atoms. The van der Waals surface area contributed by atoms with Crippen molar-refractivity contribution in [1.82, 2.24) is 0 Å². The highest BCUT2D eigenvalue weighted by molar-refractivity contribution is 5.88. The Hall–Kier alpha value is -1.16. The first-order valence-corrected chi connectivity index (χ1v) is 4.02. The van der Waals surface area contributed by atoms with E-state index in [4.69, 9.17) is 9.47 Å². The molecule has 0 aliphatic carbocycles. The van der Waals surface area contributed by atoms with Crippen molar-refractivity contribution in [2.45, 2.75) is 6.92 Å². The van der Waals surface area contributed by atoms with Gasteiger partial charge in [0.1, 0.15) is 6.92 Å². The van der Waals surface area contributed by atoms with Crippen molar-refractivity contribution in [3.63, 3.8) is 0 Å². The molecule has 0 aliphatic rings. The Morgan fingerprint density at radius 3 is 2.69 bits per heavy atom. The molecule has 0 atom stereocenters. The van der Waals surface area contributed by atoms with Gasteiger partial charge in [0, 0.05) is 6.61 Å². The van der Waals surface area contributed by atoms with Gasteiger partial charge in [0.15, 0.2) is 0 Å². The monoisotopic (exact) mass is 187 g/mol. The summed E-state index contributed by atoms with van der Waals surface area (Å²) in [5.74, 6) is -0.453. The van der Waals surface area contributed by atoms with Gasteiger partial charge < -0.3 is 14.2 Å². The van der Waals surface area contributed by atoms with Crippen LogP contribution in [0.5, 0.6) is 0 Å². The van der Waals surface area contributed by atoms with Crippen molar-refractivity contribution in [3.8, 4) is 0 Å². The summed E-state index contributed by atoms with van der Waals surface area (Å²) in [6.07, 6.45) is 1.31. The van der Waals surface area contributed by atoms with Gasteiger partial charge in [0.05, 0.1) is 25.6 Å². The van der Waals surface area contributed by atoms with Crippen molar-refractivity contribution < 1.29 is 19.0 Å². The van der Waals surface area contributed by atoms with Crippen LogP contribution in [0.15, 0.2) is 11.8 Å². The van der Waals surface area contributed by atoms with Crippen LogP contribution in [0.3, 0.4) is 0 Å². The predicted molar refractivity (Wildman–Crippen MR) is 47.9 cm³/mol. The van der Waals surface area contributed by atoms with E-state index in [2.05, 4.69) is 11.7 Å². The summed E-state index contributed by atoms with van der Waals surface area (Å²) in [5.41, 5.74) is 0.355. The number of carbonyl (C=O) groups is 1. The zero-order valence-electron chi connectivity index (χ0n) is 8.04. The zero-order chi connectivity index (χ0) is 10.1. The fourth-order valence-corrected chi connectivity index (χ4v) is 0.681. The quantitative estimate of drug-likeness (QED) is 0.268. The predicted octanol–water partition coefficient (Wildman–Crippen LogP) is 0.930. The number of methoxy groups -OCH3 is 1. The minimum atomic E-state index is -0.453. The maximum atomic E-state index is 11.1. The summed E-state index contributed by atoms with van der Waals surface area (Å²) in [5, 5.41) is 0. The Labute approximate surface area is 78.5 Å². The second kappa shape index (κ2) is 7.49. The molecule has 0 aliphatic heterocycles. The third-order valence-electron chi connectivity index (χ3n) is 1.22. The summed E-state index contributed by atoms with van der Waals surface area (Å²) in [6.45, 7) is 6.08. The first-order valence-electron chi connectivity index (χ1n) is 4.02. The fraction of sp³-hybridized carbons (Fsp3) is 0.556. The number of rotatable bonds is 6. The van der Waals surface area contributed by atoms with E-state index in [9.17, 15) is 4.79 Å². The summed E-state index contributed by atoms with van der Waals surface area (Å²) in [6, 6.07) is 0. The third-order valence-corrected chi connectivity index (χ3v) is 1.22. The van der Waals surface area contributed by atoms with E-state index >= 15 is 0 Å². The topological polar surface area (TPSA) is 44.8 Å². The van der Waals surface area contributed by atoms with Gasteiger partial charge in [-0.15, -0.1) is 0 Å². The molecule has 0 aromatic rings. The summed E-state index contributed by atoms with van der Waals surface area (Å²) >= 11 is 0. The molecule has 0 radical (unpaired) electrons. The Balaban J connectivity index is 4.08. The van der Waals surface area contributed by atoms with Crippen LogP contribution in [0.1, 0.15) is 6.92 Å². The second-order valence-electron chi connectivity index (χ2n) is 2.15. The molecule has 0 fully saturated rings. The molecule has 74 valence electrons. The first kappa shape index (κ1) is 11.8. The van der Waals surface area contributed by atoms with Crippen molar-refractivity contribution in [3.05, 3.63) is 18.8 Å². The van der Waals surface area contributed by atoms with E-state index in [1.165, 1.54) is 13.4 Å². The van der Waals surface area contributed by atoms with Crippen LogP contribution in [-0.2, 0) is 19.0 Å². The zero-order valence-corrected chi connectivity index (χ0v) is 8.04. The van der Waals surface area contributed by atoms with E-state index < -0.39 is 5.97 Å². The third kappa shape index (κ3) is 5.14. The van der Waals surface area contributed by atoms with E-state index in [0.29, 0.717) is 12.2 Å². The lowest BCUT2D eigenvalue weighted by Gasteiger charge is -2.04. The largest absolute Gasteiger partial charge is 0.504 e. The van der Waals surface area contributed by atoms with Gasteiger partial charge in [-0.25, -0.2) is 4.79 Å². The molecule has 0 bridgehead atoms. The minimum absolute atomic E-state index is 0.103. The van der Waals surface area contributed by atoms with Crippen molar-refractivity contribution in [1.29, 1.82) is 0 Å². The van der Waals surface area contributed by atoms with Gasteiger partial charge in [-0.05, 0) is 6.92 Å². The summed E-state index contributed by atoms with van der Waals surface area (Å²) in [7, 11) is 1.46. The van der Waals surface area contributed by atoms with E-state index in [-0.39, 0.29) is 13.2 Å². The molecule has 0 aromatic heterocycles. The Bertz CT molecular complexity index is 174. The molecule has 0 N–H and O–H groups in total. The highest BCUT2D eigenvalue weighted by Gasteiger charge is 2.11. The van der Waals surface area contributed by atoms with Crippen LogP contribution in [0.2, 0.25) is 0 Å². The van der Waals surface area contributed by atoms with Crippen LogP contribution in [0.25, 0.3) is 0 Å². The first-order chi connectivity index (χ1) is 6.26. The van der Waals surface area contributed by atoms with Crippen molar-refractivity contribution >= 4 is 5.97 Å². The number of esters is 1. The van der Waals surface area contributed by atoms with Gasteiger partial charge in [-0.2, -0.15) is 0 Å². The molecule has 4 nitrogen and oxygen atoms in total. The minimum Gasteiger partial charge on any atom is -0.504 e. The maximum Gasteiger partial charge on any atom is 0.342 e. The Morgan fingerprint density at radius 1 is 1.54 bits per heavy atom. The highest BCUT2D eigenvalue weighted by atomic mass is 16.5. The molecule has 0 saturated carbocycles. The average molecular weight is 187 g/mol. The maximum absolute atomic E-state index is 11.1. The molecule has 0 unspecified atom stereocenters. The molecular weight excluding hydrogens is 172 g/mol. The van der Waals surface area contributed by atoms with Gasteiger partial charge in [-0.3, -0.25) is 0 Å². The SMILES string of the molecule is [CH2+]COC(=O)/C(=C/OC)COCC. The number of hydrogen-bond donors (Lipinski definition) is 0. The van der Waals surface area contributed by atoms with E-state index in [1.54, 1.807) is 0 Å². The van der Waals surface area contributed by atoms with E-state index in [0.717, 1.165) is 0 Å². The highest BCUT2D eigenvalue weighted by Crippen LogP contribution is 1.99. The Morgan fingerprint density at radius 2 is 2.23 bits per heavy atom. The molecule has 0 saturated heterocycles.